The number of hydrogen-bond donors (Lipinski definition) is 8. The maximum Gasteiger partial charge on any atom is 0.408 e. The van der Waals surface area contributed by atoms with Gasteiger partial charge in [-0.2, -0.15) is 0 Å². The molecule has 20 nitrogen and oxygen atoms in total. The lowest BCUT2D eigenvalue weighted by atomic mass is 9.94. The molecule has 8 aromatic rings. The minimum absolute atomic E-state index is 0.0564. The Hall–Kier alpha value is -12.3. The van der Waals surface area contributed by atoms with Crippen LogP contribution in [0.15, 0.2) is 245 Å². The summed E-state index contributed by atoms with van der Waals surface area (Å²) in [5, 5.41) is 48.6. The van der Waals surface area contributed by atoms with Crippen LogP contribution in [0.5, 0.6) is 0 Å². The van der Waals surface area contributed by atoms with Crippen molar-refractivity contribution < 1.29 is 77.7 Å². The summed E-state index contributed by atoms with van der Waals surface area (Å²) in [6.45, 7) is 21.4. The van der Waals surface area contributed by atoms with Crippen molar-refractivity contribution in [2.45, 2.75) is 189 Å². The van der Waals surface area contributed by atoms with E-state index in [1.54, 1.807) is 26.0 Å². The number of carboxylic acid groups (broad SMARTS) is 4. The zero-order valence-corrected chi connectivity index (χ0v) is 68.2. The molecule has 0 spiro atoms. The number of fused-ring (bicyclic) bond motifs is 12. The third-order valence-corrected chi connectivity index (χ3v) is 22.6. The Bertz CT molecular complexity index is 4380. The molecule has 4 aliphatic rings. The number of alkyl carbamates (subject to hydrolysis) is 4. The van der Waals surface area contributed by atoms with Crippen molar-refractivity contribution in [2.24, 2.45) is 0 Å². The highest BCUT2D eigenvalue weighted by atomic mass is 16.6. The van der Waals surface area contributed by atoms with Gasteiger partial charge >= 0.3 is 48.3 Å². The van der Waals surface area contributed by atoms with E-state index in [4.69, 9.17) is 18.9 Å². The van der Waals surface area contributed by atoms with Crippen molar-refractivity contribution in [3.05, 3.63) is 289 Å². The van der Waals surface area contributed by atoms with Gasteiger partial charge in [0.25, 0.3) is 0 Å². The molecule has 0 radical (unpaired) electrons. The van der Waals surface area contributed by atoms with E-state index in [1.807, 2.05) is 133 Å². The van der Waals surface area contributed by atoms with Crippen molar-refractivity contribution in [3.63, 3.8) is 0 Å². The van der Waals surface area contributed by atoms with Crippen molar-refractivity contribution in [1.29, 1.82) is 0 Å². The van der Waals surface area contributed by atoms with Gasteiger partial charge in [-0.1, -0.05) is 257 Å². The third kappa shape index (κ3) is 23.1. The van der Waals surface area contributed by atoms with Gasteiger partial charge in [0.05, 0.1) is 0 Å². The number of ether oxygens (including phenoxy) is 4. The zero-order valence-electron chi connectivity index (χ0n) is 68.2. The van der Waals surface area contributed by atoms with Gasteiger partial charge < -0.3 is 60.6 Å². The monoisotopic (exact) mass is 1600 g/mol. The van der Waals surface area contributed by atoms with E-state index in [0.717, 1.165) is 153 Å². The molecule has 4 aliphatic carbocycles. The number of benzene rings is 8. The average molecular weight is 1600 g/mol. The average Bonchev–Trinajstić information content (AvgIpc) is 1.64. The summed E-state index contributed by atoms with van der Waals surface area (Å²) in [5.74, 6) is -4.49. The number of amides is 4. The van der Waals surface area contributed by atoms with E-state index in [2.05, 4.69) is 120 Å². The fourth-order valence-electron chi connectivity index (χ4n) is 15.8. The smallest absolute Gasteiger partial charge is 0.408 e. The molecule has 0 saturated heterocycles. The minimum Gasteiger partial charge on any atom is -0.480 e. The highest BCUT2D eigenvalue weighted by Gasteiger charge is 2.41. The fourth-order valence-corrected chi connectivity index (χ4v) is 15.8. The second kappa shape index (κ2) is 43.0. The quantitative estimate of drug-likeness (QED) is 0.0101. The van der Waals surface area contributed by atoms with Gasteiger partial charge in [-0.25, -0.2) is 38.4 Å². The van der Waals surface area contributed by atoms with Gasteiger partial charge in [-0.3, -0.25) is 0 Å². The summed E-state index contributed by atoms with van der Waals surface area (Å²) in [5.41, 5.74) is 12.7. The van der Waals surface area contributed by atoms with Crippen LogP contribution >= 0.6 is 0 Å². The molecule has 4 amide bonds. The Labute approximate surface area is 692 Å². The van der Waals surface area contributed by atoms with E-state index in [0.29, 0.717) is 51.4 Å². The summed E-state index contributed by atoms with van der Waals surface area (Å²) < 4.78 is 22.0. The lowest BCUT2D eigenvalue weighted by Gasteiger charge is -2.26. The predicted molar refractivity (Wildman–Crippen MR) is 461 cm³/mol. The van der Waals surface area contributed by atoms with Crippen LogP contribution in [0.3, 0.4) is 0 Å². The number of allylic oxidation sites excluding steroid dienone is 4. The molecule has 20 heteroatoms. The van der Waals surface area contributed by atoms with Crippen molar-refractivity contribution in [3.8, 4) is 44.5 Å². The molecule has 0 aliphatic heterocycles. The Morgan fingerprint density at radius 3 is 0.610 bits per heavy atom. The lowest BCUT2D eigenvalue weighted by Crippen LogP contribution is -2.52. The van der Waals surface area contributed by atoms with E-state index in [-0.39, 0.29) is 50.1 Å². The Morgan fingerprint density at radius 1 is 0.271 bits per heavy atom. The number of nitrogens with one attached hydrogen (secondary N) is 4. The molecule has 0 fully saturated rings. The van der Waals surface area contributed by atoms with E-state index < -0.39 is 70.4 Å². The van der Waals surface area contributed by atoms with Crippen molar-refractivity contribution in [2.75, 3.05) is 26.4 Å². The molecule has 620 valence electrons. The number of aliphatic carboxylic acids is 4. The molecule has 118 heavy (non-hydrogen) atoms. The van der Waals surface area contributed by atoms with Gasteiger partial charge in [0, 0.05) is 23.7 Å². The Balaban J connectivity index is 0.000000180. The molecular formula is C98H112N4O16. The SMILES string of the molecule is C=CCCCCCC[C@@](C)(NC(=O)OCC1c2ccccc2-c2ccccc21)C(=O)O.C=CCCCCCC[C@](C)(NC(=O)OCC1c2ccccc2-c2ccccc21)C(=O)O.C=CCCC[C@@](C)(NC(=O)OCC1c2ccccc2-c2ccccc21)C(=O)O.C=CCCC[C@](C)(NC(=O)OCC1c2ccccc2-c2ccccc21)C(=O)O. The Kier molecular flexibility index (Phi) is 32.7. The first-order chi connectivity index (χ1) is 56.8. The minimum atomic E-state index is -1.37. The summed E-state index contributed by atoms with van der Waals surface area (Å²) in [6, 6.07) is 64.7. The molecule has 12 rings (SSSR count). The van der Waals surface area contributed by atoms with Crippen LogP contribution in [0.4, 0.5) is 19.2 Å². The molecule has 0 saturated carbocycles. The van der Waals surface area contributed by atoms with Gasteiger partial charge in [0.2, 0.25) is 0 Å². The molecule has 0 bridgehead atoms. The number of hydrogen-bond acceptors (Lipinski definition) is 12. The molecule has 0 heterocycles. The number of unbranched alkanes of at least 4 members (excludes halogenated alkanes) is 10. The van der Waals surface area contributed by atoms with Gasteiger partial charge in [-0.15, -0.1) is 26.3 Å². The number of carbonyl (C=O) groups excluding carboxylic acids is 4. The first-order valence-corrected chi connectivity index (χ1v) is 40.7. The van der Waals surface area contributed by atoms with Crippen LogP contribution in [0, 0.1) is 0 Å². The largest absolute Gasteiger partial charge is 0.480 e. The second-order valence-corrected chi connectivity index (χ2v) is 31.2. The molecule has 0 unspecified atom stereocenters. The highest BCUT2D eigenvalue weighted by Crippen LogP contribution is 2.48. The van der Waals surface area contributed by atoms with Crippen LogP contribution < -0.4 is 21.3 Å². The molecule has 4 atom stereocenters. The molecular weight excluding hydrogens is 1490 g/mol. The predicted octanol–water partition coefficient (Wildman–Crippen LogP) is 21.2. The molecule has 8 aromatic carbocycles. The van der Waals surface area contributed by atoms with Gasteiger partial charge in [0.1, 0.15) is 48.6 Å². The van der Waals surface area contributed by atoms with Crippen LogP contribution in [0.1, 0.15) is 211 Å². The number of rotatable bonds is 38. The third-order valence-electron chi connectivity index (χ3n) is 22.6. The molecule has 8 N–H and O–H groups in total. The summed E-state index contributed by atoms with van der Waals surface area (Å²) >= 11 is 0. The van der Waals surface area contributed by atoms with Crippen LogP contribution in [-0.4, -0.2) is 117 Å². The number of carboxylic acids is 4. The van der Waals surface area contributed by atoms with Gasteiger partial charge in [-0.05, 0) is 194 Å². The molecule has 0 aromatic heterocycles. The normalized spacial score (nSPS) is 14.3. The standard InChI is InChI=1S/2C26H31NO4.2C23H25NO4/c2*1-3-4-5-6-7-12-17-26(2,24(28)29)27-25(30)31-18-23-21-15-10-8-13-19(21)20-14-9-11-16-22(20)23;2*1-3-4-9-14-23(2,21(25)26)24-22(27)28-15-20-18-12-7-5-10-16(18)17-11-6-8-13-19(17)20/h2*3,8-11,13-16,23H,1,4-7,12,17-18H2,2H3,(H,27,30)(H,28,29);2*3,5-8,10-13,20H,1,4,9,14-15H2,2H3,(H,24,27)(H,25,26)/t2*26-;2*23-/m1010/s1. The van der Waals surface area contributed by atoms with Crippen molar-refractivity contribution in [1.82, 2.24) is 21.3 Å². The first kappa shape index (κ1) is 89.6. The maximum absolute atomic E-state index is 12.5. The van der Waals surface area contributed by atoms with E-state index in [9.17, 15) is 58.8 Å². The van der Waals surface area contributed by atoms with Crippen LogP contribution in [0.25, 0.3) is 44.5 Å². The van der Waals surface area contributed by atoms with Crippen molar-refractivity contribution >= 4 is 48.3 Å². The first-order valence-electron chi connectivity index (χ1n) is 40.7. The number of carbonyl (C=O) groups is 8. The van der Waals surface area contributed by atoms with Gasteiger partial charge in [0.15, 0.2) is 0 Å². The van der Waals surface area contributed by atoms with E-state index in [1.165, 1.54) is 13.8 Å². The lowest BCUT2D eigenvalue weighted by molar-refractivity contribution is -0.145. The maximum atomic E-state index is 12.5. The van der Waals surface area contributed by atoms with Crippen LogP contribution in [-0.2, 0) is 38.1 Å². The van der Waals surface area contributed by atoms with Crippen LogP contribution in [0.2, 0.25) is 0 Å². The zero-order chi connectivity index (χ0) is 84.8. The second-order valence-electron chi connectivity index (χ2n) is 31.2. The van der Waals surface area contributed by atoms with E-state index >= 15 is 0 Å². The topological polar surface area (TPSA) is 303 Å². The fraction of sp³-hybridized carbons (Fsp3) is 0.347. The summed E-state index contributed by atoms with van der Waals surface area (Å²) in [4.78, 5) is 96.7. The summed E-state index contributed by atoms with van der Waals surface area (Å²) in [6.07, 6.45) is 17.7. The Morgan fingerprint density at radius 2 is 0.432 bits per heavy atom. The highest BCUT2D eigenvalue weighted by molar-refractivity contribution is 5.88. The summed E-state index contributed by atoms with van der Waals surface area (Å²) in [7, 11) is 0.